The Kier molecular flexibility index (Phi) is 3.93. The van der Waals surface area contributed by atoms with Crippen LogP contribution in [0.5, 0.6) is 0 Å². The minimum atomic E-state index is -0.207. The summed E-state index contributed by atoms with van der Waals surface area (Å²) in [5, 5.41) is 6.89. The lowest BCUT2D eigenvalue weighted by atomic mass is 10.2. The SMILES string of the molecule is O=c1/c(=C/c2ccc(-c3ccccc3Cl)o2)sc2nc(-c3cccs3)nn12. The Bertz CT molecular complexity index is 1370. The number of rotatable bonds is 3. The fraction of sp³-hybridized carbons (Fsp3) is 0. The Morgan fingerprint density at radius 2 is 2.00 bits per heavy atom. The van der Waals surface area contributed by atoms with Crippen LogP contribution in [0.15, 0.2) is 63.1 Å². The van der Waals surface area contributed by atoms with Crippen molar-refractivity contribution < 1.29 is 4.42 Å². The summed E-state index contributed by atoms with van der Waals surface area (Å²) in [5.41, 5.74) is 0.602. The zero-order valence-electron chi connectivity index (χ0n) is 13.6. The third-order valence-electron chi connectivity index (χ3n) is 3.96. The second-order valence-electron chi connectivity index (χ2n) is 5.70. The first-order chi connectivity index (χ1) is 13.2. The molecular formula is C19H10ClN3O2S2. The van der Waals surface area contributed by atoms with Gasteiger partial charge in [0, 0.05) is 11.6 Å². The summed E-state index contributed by atoms with van der Waals surface area (Å²) in [6.45, 7) is 0. The predicted molar refractivity (Wildman–Crippen MR) is 108 cm³/mol. The molecule has 1 aromatic carbocycles. The molecular weight excluding hydrogens is 402 g/mol. The summed E-state index contributed by atoms with van der Waals surface area (Å²) < 4.78 is 7.70. The normalized spacial score (nSPS) is 12.3. The van der Waals surface area contributed by atoms with Crippen LogP contribution >= 0.6 is 34.3 Å². The average molecular weight is 412 g/mol. The molecule has 0 spiro atoms. The molecule has 8 heteroatoms. The molecule has 0 N–H and O–H groups in total. The van der Waals surface area contributed by atoms with E-state index in [1.54, 1.807) is 6.08 Å². The maximum Gasteiger partial charge on any atom is 0.291 e. The smallest absolute Gasteiger partial charge is 0.291 e. The Morgan fingerprint density at radius 3 is 2.78 bits per heavy atom. The Balaban J connectivity index is 1.55. The maximum atomic E-state index is 12.6. The van der Waals surface area contributed by atoms with Gasteiger partial charge in [-0.25, -0.2) is 0 Å². The summed E-state index contributed by atoms with van der Waals surface area (Å²) in [4.78, 5) is 18.6. The van der Waals surface area contributed by atoms with Crippen molar-refractivity contribution >= 4 is 45.3 Å². The highest BCUT2D eigenvalue weighted by molar-refractivity contribution is 7.15. The van der Waals surface area contributed by atoms with Gasteiger partial charge in [-0.3, -0.25) is 4.79 Å². The molecule has 0 amide bonds. The Morgan fingerprint density at radius 1 is 1.11 bits per heavy atom. The van der Waals surface area contributed by atoms with E-state index in [-0.39, 0.29) is 5.56 Å². The molecule has 0 bridgehead atoms. The fourth-order valence-electron chi connectivity index (χ4n) is 2.71. The van der Waals surface area contributed by atoms with Crippen molar-refractivity contribution in [2.75, 3.05) is 0 Å². The summed E-state index contributed by atoms with van der Waals surface area (Å²) in [6, 6.07) is 15.0. The summed E-state index contributed by atoms with van der Waals surface area (Å²) >= 11 is 9.04. The minimum absolute atomic E-state index is 0.207. The van der Waals surface area contributed by atoms with Crippen LogP contribution in [0.25, 0.3) is 33.1 Å². The lowest BCUT2D eigenvalue weighted by molar-refractivity contribution is 0.571. The van der Waals surface area contributed by atoms with Crippen molar-refractivity contribution in [3.8, 4) is 22.0 Å². The van der Waals surface area contributed by atoms with E-state index in [9.17, 15) is 4.79 Å². The van der Waals surface area contributed by atoms with Crippen LogP contribution in [0, 0.1) is 0 Å². The topological polar surface area (TPSA) is 60.4 Å². The predicted octanol–water partition coefficient (Wildman–Crippen LogP) is 4.34. The van der Waals surface area contributed by atoms with Gasteiger partial charge in [0.25, 0.3) is 5.56 Å². The number of hydrogen-bond acceptors (Lipinski definition) is 6. The summed E-state index contributed by atoms with van der Waals surface area (Å²) in [6.07, 6.45) is 1.70. The van der Waals surface area contributed by atoms with E-state index < -0.39 is 0 Å². The highest BCUT2D eigenvalue weighted by atomic mass is 35.5. The van der Waals surface area contributed by atoms with E-state index in [0.29, 0.717) is 31.9 Å². The molecule has 0 aliphatic rings. The van der Waals surface area contributed by atoms with Crippen LogP contribution in [0.1, 0.15) is 5.76 Å². The van der Waals surface area contributed by atoms with Crippen molar-refractivity contribution in [2.45, 2.75) is 0 Å². The van der Waals surface area contributed by atoms with Crippen molar-refractivity contribution in [1.29, 1.82) is 0 Å². The lowest BCUT2D eigenvalue weighted by Crippen LogP contribution is -2.23. The third-order valence-corrected chi connectivity index (χ3v) is 6.12. The van der Waals surface area contributed by atoms with Gasteiger partial charge in [0.1, 0.15) is 16.1 Å². The van der Waals surface area contributed by atoms with E-state index in [1.807, 2.05) is 53.9 Å². The second kappa shape index (κ2) is 6.45. The quantitative estimate of drug-likeness (QED) is 0.443. The van der Waals surface area contributed by atoms with Gasteiger partial charge in [-0.15, -0.1) is 16.4 Å². The van der Waals surface area contributed by atoms with E-state index in [1.165, 1.54) is 27.2 Å². The molecule has 0 radical (unpaired) electrons. The first kappa shape index (κ1) is 16.4. The number of thiazole rings is 1. The van der Waals surface area contributed by atoms with Gasteiger partial charge in [0.15, 0.2) is 5.82 Å². The molecule has 5 aromatic rings. The number of aromatic nitrogens is 3. The summed E-state index contributed by atoms with van der Waals surface area (Å²) in [7, 11) is 0. The van der Waals surface area contributed by atoms with Gasteiger partial charge in [-0.1, -0.05) is 41.1 Å². The molecule has 0 unspecified atom stereocenters. The van der Waals surface area contributed by atoms with Gasteiger partial charge < -0.3 is 4.42 Å². The van der Waals surface area contributed by atoms with E-state index in [0.717, 1.165) is 10.4 Å². The zero-order chi connectivity index (χ0) is 18.4. The molecule has 0 fully saturated rings. The van der Waals surface area contributed by atoms with Gasteiger partial charge in [-0.2, -0.15) is 9.50 Å². The number of hydrogen-bond donors (Lipinski definition) is 0. The zero-order valence-corrected chi connectivity index (χ0v) is 16.0. The molecule has 0 saturated carbocycles. The molecule has 0 aliphatic carbocycles. The van der Waals surface area contributed by atoms with Crippen LogP contribution in [0.4, 0.5) is 0 Å². The lowest BCUT2D eigenvalue weighted by Gasteiger charge is -1.98. The van der Waals surface area contributed by atoms with Gasteiger partial charge in [0.05, 0.1) is 9.90 Å². The molecule has 4 heterocycles. The van der Waals surface area contributed by atoms with Crippen LogP contribution < -0.4 is 10.1 Å². The average Bonchev–Trinajstić information content (AvgIpc) is 3.43. The van der Waals surface area contributed by atoms with E-state index in [2.05, 4.69) is 10.1 Å². The molecule has 4 aromatic heterocycles. The Hall–Kier alpha value is -2.74. The van der Waals surface area contributed by atoms with Crippen molar-refractivity contribution in [2.24, 2.45) is 0 Å². The van der Waals surface area contributed by atoms with Gasteiger partial charge in [-0.05, 0) is 35.7 Å². The molecule has 0 aliphatic heterocycles. The summed E-state index contributed by atoms with van der Waals surface area (Å²) in [5.74, 6) is 1.79. The standard InChI is InChI=1S/C19H10ClN3O2S2/c20-13-5-2-1-4-12(13)14-8-7-11(25-14)10-16-18(24)23-19(27-16)21-17(22-23)15-6-3-9-26-15/h1-10H/b16-10-. The van der Waals surface area contributed by atoms with E-state index in [4.69, 9.17) is 16.0 Å². The number of benzene rings is 1. The van der Waals surface area contributed by atoms with Gasteiger partial charge in [0.2, 0.25) is 4.96 Å². The van der Waals surface area contributed by atoms with Crippen LogP contribution in [-0.4, -0.2) is 14.6 Å². The van der Waals surface area contributed by atoms with Crippen LogP contribution in [0.3, 0.4) is 0 Å². The molecule has 0 atom stereocenters. The highest BCUT2D eigenvalue weighted by Crippen LogP contribution is 2.29. The van der Waals surface area contributed by atoms with Crippen molar-refractivity contribution in [3.63, 3.8) is 0 Å². The molecule has 5 rings (SSSR count). The van der Waals surface area contributed by atoms with Crippen molar-refractivity contribution in [3.05, 3.63) is 79.6 Å². The van der Waals surface area contributed by atoms with Crippen LogP contribution in [0.2, 0.25) is 5.02 Å². The molecule has 5 nitrogen and oxygen atoms in total. The third kappa shape index (κ3) is 2.90. The Labute approximate surface area is 165 Å². The number of halogens is 1. The fourth-order valence-corrected chi connectivity index (χ4v) is 4.48. The van der Waals surface area contributed by atoms with Crippen molar-refractivity contribution in [1.82, 2.24) is 14.6 Å². The maximum absolute atomic E-state index is 12.6. The monoisotopic (exact) mass is 411 g/mol. The number of thiophene rings is 1. The number of fused-ring (bicyclic) bond motifs is 1. The number of furan rings is 1. The minimum Gasteiger partial charge on any atom is -0.457 e. The first-order valence-corrected chi connectivity index (χ1v) is 10.1. The van der Waals surface area contributed by atoms with Gasteiger partial charge >= 0.3 is 0 Å². The van der Waals surface area contributed by atoms with E-state index >= 15 is 0 Å². The highest BCUT2D eigenvalue weighted by Gasteiger charge is 2.13. The largest absolute Gasteiger partial charge is 0.457 e. The number of nitrogens with zero attached hydrogens (tertiary/aromatic N) is 3. The van der Waals surface area contributed by atoms with Crippen LogP contribution in [-0.2, 0) is 0 Å². The molecule has 0 saturated heterocycles. The second-order valence-corrected chi connectivity index (χ2v) is 8.07. The first-order valence-electron chi connectivity index (χ1n) is 7.99. The molecule has 132 valence electrons. The molecule has 27 heavy (non-hydrogen) atoms.